The minimum absolute atomic E-state index is 0.0490. The number of nitrogens with one attached hydrogen (secondary N) is 2. The fraction of sp³-hybridized carbons (Fsp3) is 0.824. The van der Waals surface area contributed by atoms with Crippen LogP contribution < -0.4 is 10.6 Å². The Hall–Kier alpha value is 0.519. The standard InChI is InChI=1S/C29H45N2P2.C5H5.Fe/c1-27(2,3)33(28(4,5)6)20-23-16-22(21-10-8-7-9-11-21)17-26(23)29(32,24-12-14-30-18-24)25-13-15-31-19-25;1-2-4-5-3-1;/h7-11,16-17,24-25,30-31H,12-15,18-20,32H2,1-6H3;1-5H;. The molecule has 39 heavy (non-hydrogen) atoms. The molecule has 1 aromatic rings. The topological polar surface area (TPSA) is 24.1 Å². The Morgan fingerprint density at radius 1 is 0.821 bits per heavy atom. The first-order valence-corrected chi connectivity index (χ1v) is 24.7. The molecule has 12 heterocycles. The van der Waals surface area contributed by atoms with E-state index in [1.165, 1.54) is 72.7 Å². The summed E-state index contributed by atoms with van der Waals surface area (Å²) >= 11 is 0. The van der Waals surface area contributed by atoms with Gasteiger partial charge in [0.1, 0.15) is 0 Å². The van der Waals surface area contributed by atoms with E-state index in [0.717, 1.165) is 24.8 Å². The van der Waals surface area contributed by atoms with E-state index in [0.29, 0.717) is 15.5 Å². The second-order valence-electron chi connectivity index (χ2n) is 20.6. The molecule has 214 valence electrons. The van der Waals surface area contributed by atoms with Crippen molar-refractivity contribution >= 4 is 17.2 Å². The molecule has 2 nitrogen and oxygen atoms in total. The maximum absolute atomic E-state index is 4.05. The van der Waals surface area contributed by atoms with Crippen molar-refractivity contribution < 1.29 is 6.51 Å². The van der Waals surface area contributed by atoms with E-state index in [9.17, 15) is 0 Å². The number of benzene rings is 1. The van der Waals surface area contributed by atoms with Crippen molar-refractivity contribution in [3.05, 3.63) is 35.9 Å². The molecule has 0 amide bonds. The molecule has 0 aliphatic carbocycles. The third-order valence-electron chi connectivity index (χ3n) is 22.6. The van der Waals surface area contributed by atoms with Crippen LogP contribution in [-0.2, 0) is 10.8 Å². The van der Waals surface area contributed by atoms with Crippen LogP contribution >= 0.6 is 17.2 Å². The van der Waals surface area contributed by atoms with Crippen LogP contribution in [0.3, 0.4) is 0 Å². The average molecular weight is 605 g/mol. The van der Waals surface area contributed by atoms with Crippen LogP contribution in [0.1, 0.15) is 59.9 Å². The molecular formula is C34H50FeN2P2. The van der Waals surface area contributed by atoms with Crippen LogP contribution in [0, 0.1) is 11.8 Å². The van der Waals surface area contributed by atoms with Gasteiger partial charge in [0.15, 0.2) is 0 Å². The Morgan fingerprint density at radius 3 is 1.74 bits per heavy atom. The third kappa shape index (κ3) is 0.547. The minimum atomic E-state index is -4.05. The zero-order chi connectivity index (χ0) is 26.6. The number of fused-ring (bicyclic) bond motifs is 10. The van der Waals surface area contributed by atoms with Crippen molar-refractivity contribution in [1.29, 1.82) is 0 Å². The van der Waals surface area contributed by atoms with Gasteiger partial charge in [-0.15, -0.1) is 0 Å². The summed E-state index contributed by atoms with van der Waals surface area (Å²) in [4.78, 5) is 9.00. The van der Waals surface area contributed by atoms with Gasteiger partial charge in [0, 0.05) is 0 Å². The number of hydrogen-bond donors (Lipinski definition) is 2. The molecule has 8 atom stereocenters. The summed E-state index contributed by atoms with van der Waals surface area (Å²) in [6, 6.07) is 12.5. The van der Waals surface area contributed by atoms with Crippen molar-refractivity contribution in [1.82, 2.24) is 10.6 Å². The maximum atomic E-state index is 3.94. The predicted molar refractivity (Wildman–Crippen MR) is 165 cm³/mol. The molecule has 0 bridgehead atoms. The fourth-order valence-corrected chi connectivity index (χ4v) is 115. The van der Waals surface area contributed by atoms with Gasteiger partial charge < -0.3 is 0 Å². The van der Waals surface area contributed by atoms with E-state index in [-0.39, 0.29) is 7.92 Å². The second-order valence-corrected chi connectivity index (χ2v) is 48.4. The molecule has 0 saturated carbocycles. The Bertz CT molecular complexity index is 1780. The van der Waals surface area contributed by atoms with Crippen LogP contribution in [0.15, 0.2) is 30.3 Å². The van der Waals surface area contributed by atoms with Crippen molar-refractivity contribution in [3.8, 4) is 0 Å². The zero-order valence-corrected chi connectivity index (χ0v) is 28.1. The SMILES string of the molecule is CC(C)(C)P(C[C]12[CH]3[C]4(c5ccccc5)[CH]5[C]1(C(P)(C1CCNC1)C1CCNC1)[Fe]35421678[CH]2[CH]1[CH]6[CH]7[CH]28)C(C)(C)C. The molecule has 0 radical (unpaired) electrons. The van der Waals surface area contributed by atoms with Gasteiger partial charge in [-0.25, -0.2) is 0 Å². The van der Waals surface area contributed by atoms with Gasteiger partial charge in [-0.2, -0.15) is 0 Å². The van der Waals surface area contributed by atoms with E-state index in [1.54, 1.807) is 6.16 Å². The fourth-order valence-electron chi connectivity index (χ4n) is 25.3. The first-order valence-electron chi connectivity index (χ1n) is 16.5. The average Bonchev–Trinajstić information content (AvgIpc) is 3.68. The molecule has 8 unspecified atom stereocenters. The summed E-state index contributed by atoms with van der Waals surface area (Å²) in [6.45, 7) is 17.0. The molecule has 12 aliphatic rings. The quantitative estimate of drug-likeness (QED) is 0.253. The Kier molecular flexibility index (Phi) is 1.86. The molecule has 0 aromatic heterocycles. The Balaban J connectivity index is 1.16. The summed E-state index contributed by atoms with van der Waals surface area (Å²) in [5, 5.41) is 9.27. The van der Waals surface area contributed by atoms with E-state index in [4.69, 9.17) is 0 Å². The molecule has 1 spiro atoms. The molecule has 5 heteroatoms. The van der Waals surface area contributed by atoms with Crippen LogP contribution in [0.2, 0.25) is 42.3 Å². The Morgan fingerprint density at radius 2 is 1.33 bits per heavy atom. The van der Waals surface area contributed by atoms with E-state index < -0.39 is 6.51 Å². The van der Waals surface area contributed by atoms with E-state index >= 15 is 0 Å². The van der Waals surface area contributed by atoms with E-state index in [1.807, 2.05) is 5.56 Å². The molecule has 12 aliphatic heterocycles. The first-order chi connectivity index (χ1) is 18.2. The molecule has 2 N–H and O–H groups in total. The van der Waals surface area contributed by atoms with Crippen molar-refractivity contribution in [2.75, 3.05) is 32.3 Å². The van der Waals surface area contributed by atoms with Gasteiger partial charge in [-0.1, -0.05) is 0 Å². The summed E-state index contributed by atoms with van der Waals surface area (Å²) in [6.07, 6.45) is 4.58. The van der Waals surface area contributed by atoms with Gasteiger partial charge in [-0.3, -0.25) is 0 Å². The molecule has 12 saturated heterocycles. The zero-order valence-electron chi connectivity index (χ0n) is 24.9. The monoisotopic (exact) mass is 604 g/mol. The van der Waals surface area contributed by atoms with Crippen molar-refractivity contribution in [2.24, 2.45) is 11.8 Å². The molecular weight excluding hydrogens is 554 g/mol. The Labute approximate surface area is 230 Å². The predicted octanol–water partition coefficient (Wildman–Crippen LogP) is 8.13. The summed E-state index contributed by atoms with van der Waals surface area (Å²) in [5.74, 6) is 1.79. The van der Waals surface area contributed by atoms with E-state index in [2.05, 4.69) is 91.7 Å². The third-order valence-corrected chi connectivity index (χ3v) is 72.6. The normalized spacial score (nSPS) is 73.1. The second kappa shape index (κ2) is 3.28. The van der Waals surface area contributed by atoms with Crippen LogP contribution in [0.4, 0.5) is 0 Å². The van der Waals surface area contributed by atoms with Crippen LogP contribution in [0.25, 0.3) is 0 Å². The molecule has 13 rings (SSSR count). The summed E-state index contributed by atoms with van der Waals surface area (Å²) in [5.41, 5.74) is 1.91. The molecule has 12 fully saturated rings. The van der Waals surface area contributed by atoms with Crippen molar-refractivity contribution in [3.63, 3.8) is 0 Å². The molecule has 1 aromatic carbocycles. The van der Waals surface area contributed by atoms with Gasteiger partial charge >= 0.3 is 231 Å². The van der Waals surface area contributed by atoms with Crippen molar-refractivity contribution in [2.45, 2.75) is 117 Å². The number of rotatable bonds is 6. The van der Waals surface area contributed by atoms with Gasteiger partial charge in [-0.05, 0) is 0 Å². The number of hydrogen-bond acceptors (Lipinski definition) is 2. The van der Waals surface area contributed by atoms with Gasteiger partial charge in [0.25, 0.3) is 0 Å². The van der Waals surface area contributed by atoms with Crippen LogP contribution in [0.5, 0.6) is 0 Å². The van der Waals surface area contributed by atoms with Gasteiger partial charge in [0.05, 0.1) is 0 Å². The van der Waals surface area contributed by atoms with Crippen LogP contribution in [-0.4, -0.2) is 47.8 Å². The first kappa shape index (κ1) is 22.1. The summed E-state index contributed by atoms with van der Waals surface area (Å²) < 4.78 is 2.41. The summed E-state index contributed by atoms with van der Waals surface area (Å²) in [7, 11) is 3.89. The van der Waals surface area contributed by atoms with Gasteiger partial charge in [0.2, 0.25) is 0 Å².